The zero-order valence-corrected chi connectivity index (χ0v) is 13.4. The fourth-order valence-electron chi connectivity index (χ4n) is 2.24. The third kappa shape index (κ3) is 5.07. The van der Waals surface area contributed by atoms with E-state index in [0.717, 1.165) is 23.7 Å². The van der Waals surface area contributed by atoms with Crippen LogP contribution in [0.25, 0.3) is 0 Å². The normalized spacial score (nSPS) is 10.6. The summed E-state index contributed by atoms with van der Waals surface area (Å²) in [5.41, 5.74) is 3.69. The van der Waals surface area contributed by atoms with Crippen molar-refractivity contribution in [1.82, 2.24) is 0 Å². The van der Waals surface area contributed by atoms with Crippen LogP contribution in [-0.4, -0.2) is 19.7 Å². The molecule has 0 amide bonds. The SMILES string of the molecule is CCN(CCOCc1ccc(Cl)cc1)c1cccc(C)c1. The first kappa shape index (κ1) is 15.9. The molecule has 0 atom stereocenters. The van der Waals surface area contributed by atoms with Gasteiger partial charge in [0.25, 0.3) is 0 Å². The zero-order chi connectivity index (χ0) is 15.1. The maximum Gasteiger partial charge on any atom is 0.0717 e. The molecule has 3 heteroatoms. The van der Waals surface area contributed by atoms with Crippen LogP contribution in [0.2, 0.25) is 5.02 Å². The summed E-state index contributed by atoms with van der Waals surface area (Å²) < 4.78 is 5.76. The van der Waals surface area contributed by atoms with Gasteiger partial charge in [-0.25, -0.2) is 0 Å². The molecule has 0 saturated carbocycles. The Morgan fingerprint density at radius 1 is 1.10 bits per heavy atom. The van der Waals surface area contributed by atoms with Gasteiger partial charge in [0.05, 0.1) is 13.2 Å². The van der Waals surface area contributed by atoms with Crippen molar-refractivity contribution < 1.29 is 4.74 Å². The molecule has 0 aliphatic rings. The molecule has 0 fully saturated rings. The first-order chi connectivity index (χ1) is 10.2. The van der Waals surface area contributed by atoms with E-state index in [2.05, 4.69) is 43.0 Å². The molecule has 0 aromatic heterocycles. The summed E-state index contributed by atoms with van der Waals surface area (Å²) in [4.78, 5) is 2.33. The largest absolute Gasteiger partial charge is 0.375 e. The van der Waals surface area contributed by atoms with Crippen LogP contribution in [0.15, 0.2) is 48.5 Å². The van der Waals surface area contributed by atoms with Gasteiger partial charge in [-0.15, -0.1) is 0 Å². The van der Waals surface area contributed by atoms with Gasteiger partial charge in [-0.3, -0.25) is 0 Å². The van der Waals surface area contributed by atoms with Crippen molar-refractivity contribution in [2.24, 2.45) is 0 Å². The Bertz CT molecular complexity index is 553. The number of aryl methyl sites for hydroxylation is 1. The molecule has 0 heterocycles. The van der Waals surface area contributed by atoms with Gasteiger partial charge in [0.2, 0.25) is 0 Å². The lowest BCUT2D eigenvalue weighted by molar-refractivity contribution is 0.127. The smallest absolute Gasteiger partial charge is 0.0717 e. The zero-order valence-electron chi connectivity index (χ0n) is 12.7. The summed E-state index contributed by atoms with van der Waals surface area (Å²) in [5.74, 6) is 0. The fraction of sp³-hybridized carbons (Fsp3) is 0.333. The number of hydrogen-bond donors (Lipinski definition) is 0. The van der Waals surface area contributed by atoms with Crippen molar-refractivity contribution in [3.63, 3.8) is 0 Å². The number of halogens is 1. The van der Waals surface area contributed by atoms with Crippen LogP contribution in [-0.2, 0) is 11.3 Å². The second-order valence-corrected chi connectivity index (χ2v) is 5.53. The molecule has 0 unspecified atom stereocenters. The van der Waals surface area contributed by atoms with Crippen LogP contribution < -0.4 is 4.90 Å². The van der Waals surface area contributed by atoms with Gasteiger partial charge < -0.3 is 9.64 Å². The third-order valence-corrected chi connectivity index (χ3v) is 3.69. The van der Waals surface area contributed by atoms with Crippen LogP contribution in [0.1, 0.15) is 18.1 Å². The summed E-state index contributed by atoms with van der Waals surface area (Å²) in [6.45, 7) is 7.50. The van der Waals surface area contributed by atoms with Gasteiger partial charge in [-0.2, -0.15) is 0 Å². The van der Waals surface area contributed by atoms with Crippen LogP contribution in [0, 0.1) is 6.92 Å². The summed E-state index contributed by atoms with van der Waals surface area (Å²) >= 11 is 5.87. The molecule has 0 saturated heterocycles. The van der Waals surface area contributed by atoms with Gasteiger partial charge in [0, 0.05) is 23.8 Å². The molecular formula is C18H22ClNO. The van der Waals surface area contributed by atoms with Crippen molar-refractivity contribution in [2.45, 2.75) is 20.5 Å². The Morgan fingerprint density at radius 2 is 1.86 bits per heavy atom. The monoisotopic (exact) mass is 303 g/mol. The van der Waals surface area contributed by atoms with Crippen LogP contribution in [0.3, 0.4) is 0 Å². The minimum Gasteiger partial charge on any atom is -0.375 e. The molecule has 112 valence electrons. The van der Waals surface area contributed by atoms with Crippen LogP contribution in [0.5, 0.6) is 0 Å². The van der Waals surface area contributed by atoms with Gasteiger partial charge in [-0.05, 0) is 49.2 Å². The number of nitrogens with zero attached hydrogens (tertiary/aromatic N) is 1. The molecule has 21 heavy (non-hydrogen) atoms. The lowest BCUT2D eigenvalue weighted by Crippen LogP contribution is -2.27. The van der Waals surface area contributed by atoms with Crippen molar-refractivity contribution in [3.05, 3.63) is 64.7 Å². The standard InChI is InChI=1S/C18H22ClNO/c1-3-20(18-6-4-5-15(2)13-18)11-12-21-14-16-7-9-17(19)10-8-16/h4-10,13H,3,11-12,14H2,1-2H3. The van der Waals surface area contributed by atoms with E-state index in [1.54, 1.807) is 0 Å². The molecule has 2 rings (SSSR count). The minimum atomic E-state index is 0.628. The second kappa shape index (κ2) is 8.06. The number of likely N-dealkylation sites (N-methyl/N-ethyl adjacent to an activating group) is 1. The maximum absolute atomic E-state index is 5.87. The number of benzene rings is 2. The van der Waals surface area contributed by atoms with E-state index in [9.17, 15) is 0 Å². The molecule has 2 aromatic carbocycles. The highest BCUT2D eigenvalue weighted by Gasteiger charge is 2.04. The molecule has 0 spiro atoms. The number of rotatable bonds is 7. The highest BCUT2D eigenvalue weighted by molar-refractivity contribution is 6.30. The van der Waals surface area contributed by atoms with Gasteiger partial charge in [-0.1, -0.05) is 35.9 Å². The van der Waals surface area contributed by atoms with E-state index < -0.39 is 0 Å². The third-order valence-electron chi connectivity index (χ3n) is 3.44. The highest BCUT2D eigenvalue weighted by atomic mass is 35.5. The Balaban J connectivity index is 1.80. The molecule has 2 aromatic rings. The quantitative estimate of drug-likeness (QED) is 0.688. The van der Waals surface area contributed by atoms with E-state index >= 15 is 0 Å². The van der Waals surface area contributed by atoms with Gasteiger partial charge in [0.1, 0.15) is 0 Å². The molecule has 0 bridgehead atoms. The lowest BCUT2D eigenvalue weighted by atomic mass is 10.2. The average molecular weight is 304 g/mol. The minimum absolute atomic E-state index is 0.628. The van der Waals surface area contributed by atoms with Crippen LogP contribution >= 0.6 is 11.6 Å². The predicted molar refractivity (Wildman–Crippen MR) is 90.2 cm³/mol. The Morgan fingerprint density at radius 3 is 2.52 bits per heavy atom. The fourth-order valence-corrected chi connectivity index (χ4v) is 2.37. The van der Waals surface area contributed by atoms with E-state index in [4.69, 9.17) is 16.3 Å². The van der Waals surface area contributed by atoms with Gasteiger partial charge in [0.15, 0.2) is 0 Å². The van der Waals surface area contributed by atoms with E-state index in [1.807, 2.05) is 24.3 Å². The molecule has 2 nitrogen and oxygen atoms in total. The summed E-state index contributed by atoms with van der Waals surface area (Å²) in [6.07, 6.45) is 0. The Kier molecular flexibility index (Phi) is 6.09. The Labute approximate surface area is 132 Å². The second-order valence-electron chi connectivity index (χ2n) is 5.10. The number of anilines is 1. The summed E-state index contributed by atoms with van der Waals surface area (Å²) in [6, 6.07) is 16.4. The highest BCUT2D eigenvalue weighted by Crippen LogP contribution is 2.15. The lowest BCUT2D eigenvalue weighted by Gasteiger charge is -2.23. The van der Waals surface area contributed by atoms with Gasteiger partial charge >= 0.3 is 0 Å². The molecule has 0 N–H and O–H groups in total. The first-order valence-corrected chi connectivity index (χ1v) is 7.70. The first-order valence-electron chi connectivity index (χ1n) is 7.33. The van der Waals surface area contributed by atoms with E-state index in [0.29, 0.717) is 13.2 Å². The summed E-state index contributed by atoms with van der Waals surface area (Å²) in [5, 5.41) is 0.760. The van der Waals surface area contributed by atoms with Crippen molar-refractivity contribution in [3.8, 4) is 0 Å². The molecule has 0 aliphatic carbocycles. The van der Waals surface area contributed by atoms with E-state index in [-0.39, 0.29) is 0 Å². The van der Waals surface area contributed by atoms with E-state index in [1.165, 1.54) is 11.3 Å². The van der Waals surface area contributed by atoms with Crippen LogP contribution in [0.4, 0.5) is 5.69 Å². The summed E-state index contributed by atoms with van der Waals surface area (Å²) in [7, 11) is 0. The predicted octanol–water partition coefficient (Wildman–Crippen LogP) is 4.69. The topological polar surface area (TPSA) is 12.5 Å². The van der Waals surface area contributed by atoms with Crippen molar-refractivity contribution in [1.29, 1.82) is 0 Å². The van der Waals surface area contributed by atoms with Crippen molar-refractivity contribution in [2.75, 3.05) is 24.6 Å². The maximum atomic E-state index is 5.87. The molecule has 0 radical (unpaired) electrons. The molecular weight excluding hydrogens is 282 g/mol. The number of hydrogen-bond acceptors (Lipinski definition) is 2. The molecule has 0 aliphatic heterocycles. The number of ether oxygens (including phenoxy) is 1. The average Bonchev–Trinajstić information content (AvgIpc) is 2.49. The van der Waals surface area contributed by atoms with Crippen molar-refractivity contribution >= 4 is 17.3 Å². The Hall–Kier alpha value is -1.51.